The number of benzene rings is 1. The van der Waals surface area contributed by atoms with Gasteiger partial charge in [0.05, 0.1) is 10.7 Å². The maximum atomic E-state index is 6.34. The van der Waals surface area contributed by atoms with E-state index >= 15 is 0 Å². The van der Waals surface area contributed by atoms with Crippen molar-refractivity contribution in [1.82, 2.24) is 15.1 Å². The lowest BCUT2D eigenvalue weighted by Gasteiger charge is -2.38. The summed E-state index contributed by atoms with van der Waals surface area (Å²) in [4.78, 5) is 11.7. The number of hydrogen-bond donors (Lipinski definition) is 1. The number of nitrogens with one attached hydrogen (secondary N) is 1. The average molecular weight is 506 g/mol. The molecule has 0 atom stereocenters. The van der Waals surface area contributed by atoms with Crippen LogP contribution in [0.25, 0.3) is 0 Å². The predicted octanol–water partition coefficient (Wildman–Crippen LogP) is 3.39. The Morgan fingerprint density at radius 1 is 1.11 bits per heavy atom. The Balaban J connectivity index is 0.00000261. The predicted molar refractivity (Wildman–Crippen MR) is 127 cm³/mol. The molecular weight excluding hydrogens is 473 g/mol. The van der Waals surface area contributed by atoms with E-state index in [-0.39, 0.29) is 24.0 Å². The minimum atomic E-state index is 0. The fourth-order valence-electron chi connectivity index (χ4n) is 3.94. The number of guanidine groups is 1. The molecule has 0 saturated carbocycles. The monoisotopic (exact) mass is 505 g/mol. The molecule has 0 radical (unpaired) electrons. The second-order valence-electron chi connectivity index (χ2n) is 7.43. The van der Waals surface area contributed by atoms with E-state index in [1.54, 1.807) is 0 Å². The number of aliphatic imine (C=N–C) groups is 1. The van der Waals surface area contributed by atoms with Crippen molar-refractivity contribution in [3.05, 3.63) is 29.3 Å². The fourth-order valence-corrected chi connectivity index (χ4v) is 4.19. The van der Waals surface area contributed by atoms with Crippen LogP contribution < -0.4 is 10.2 Å². The number of halogens is 2. The summed E-state index contributed by atoms with van der Waals surface area (Å²) < 4.78 is 0. The summed E-state index contributed by atoms with van der Waals surface area (Å²) in [6, 6.07) is 8.11. The van der Waals surface area contributed by atoms with Crippen molar-refractivity contribution in [3.8, 4) is 0 Å². The van der Waals surface area contributed by atoms with Gasteiger partial charge in [-0.2, -0.15) is 0 Å². The van der Waals surface area contributed by atoms with Crippen molar-refractivity contribution in [1.29, 1.82) is 0 Å². The number of likely N-dealkylation sites (tertiary alicyclic amines) is 1. The molecule has 27 heavy (non-hydrogen) atoms. The molecule has 0 unspecified atom stereocenters. The largest absolute Gasteiger partial charge is 0.367 e. The number of piperazine rings is 1. The Bertz CT molecular complexity index is 596. The fraction of sp³-hybridized carbons (Fsp3) is 0.650. The Morgan fingerprint density at radius 2 is 1.78 bits per heavy atom. The summed E-state index contributed by atoms with van der Waals surface area (Å²) >= 11 is 6.34. The number of hydrogen-bond acceptors (Lipinski definition) is 3. The molecule has 5 nitrogen and oxygen atoms in total. The van der Waals surface area contributed by atoms with Crippen molar-refractivity contribution < 1.29 is 0 Å². The lowest BCUT2D eigenvalue weighted by Crippen LogP contribution is -2.52. The van der Waals surface area contributed by atoms with Crippen molar-refractivity contribution in [2.24, 2.45) is 10.9 Å². The molecule has 0 aliphatic carbocycles. The van der Waals surface area contributed by atoms with E-state index in [1.807, 2.05) is 19.2 Å². The van der Waals surface area contributed by atoms with Gasteiger partial charge in [-0.1, -0.05) is 23.7 Å². The van der Waals surface area contributed by atoms with Crippen LogP contribution in [0, 0.1) is 5.92 Å². The van der Waals surface area contributed by atoms with Gasteiger partial charge in [0, 0.05) is 39.8 Å². The highest BCUT2D eigenvalue weighted by atomic mass is 127. The van der Waals surface area contributed by atoms with Crippen LogP contribution in [0.4, 0.5) is 5.69 Å². The van der Waals surface area contributed by atoms with Crippen LogP contribution in [-0.4, -0.2) is 75.7 Å². The number of piperidine rings is 1. The Morgan fingerprint density at radius 3 is 2.41 bits per heavy atom. The van der Waals surface area contributed by atoms with Gasteiger partial charge >= 0.3 is 0 Å². The topological polar surface area (TPSA) is 34.1 Å². The lowest BCUT2D eigenvalue weighted by molar-refractivity contribution is 0.212. The first-order valence-electron chi connectivity index (χ1n) is 9.81. The number of para-hydroxylation sites is 1. The zero-order valence-electron chi connectivity index (χ0n) is 16.5. The van der Waals surface area contributed by atoms with Gasteiger partial charge in [-0.25, -0.2) is 0 Å². The minimum absolute atomic E-state index is 0. The van der Waals surface area contributed by atoms with E-state index in [4.69, 9.17) is 11.6 Å². The Labute approximate surface area is 186 Å². The molecule has 0 aromatic heterocycles. The summed E-state index contributed by atoms with van der Waals surface area (Å²) in [6.07, 6.45) is 3.90. The highest BCUT2D eigenvalue weighted by Crippen LogP contribution is 2.26. The van der Waals surface area contributed by atoms with Crippen LogP contribution in [0.3, 0.4) is 0 Å². The van der Waals surface area contributed by atoms with Gasteiger partial charge in [-0.15, -0.1) is 24.0 Å². The van der Waals surface area contributed by atoms with Gasteiger partial charge in [-0.3, -0.25) is 4.99 Å². The molecule has 1 N–H and O–H groups in total. The zero-order chi connectivity index (χ0) is 18.4. The van der Waals surface area contributed by atoms with E-state index in [2.05, 4.69) is 44.2 Å². The SMILES string of the molecule is CN=C(NCCC1CCN(C)CC1)N1CCN(c2ccccc2Cl)CC1.I. The quantitative estimate of drug-likeness (QED) is 0.386. The molecule has 0 spiro atoms. The maximum Gasteiger partial charge on any atom is 0.193 e. The van der Waals surface area contributed by atoms with Crippen LogP contribution in [0.5, 0.6) is 0 Å². The first-order valence-corrected chi connectivity index (χ1v) is 10.2. The van der Waals surface area contributed by atoms with Gasteiger partial charge in [0.2, 0.25) is 0 Å². The third-order valence-electron chi connectivity index (χ3n) is 5.66. The van der Waals surface area contributed by atoms with Crippen LogP contribution in [-0.2, 0) is 0 Å². The van der Waals surface area contributed by atoms with Gasteiger partial charge in [0.1, 0.15) is 0 Å². The number of rotatable bonds is 4. The van der Waals surface area contributed by atoms with E-state index in [1.165, 1.54) is 32.4 Å². The lowest BCUT2D eigenvalue weighted by atomic mass is 9.94. The van der Waals surface area contributed by atoms with Crippen LogP contribution in [0.2, 0.25) is 5.02 Å². The standard InChI is InChI=1S/C20H32ClN5.HI/c1-22-20(23-10-7-17-8-11-24(2)12-9-17)26-15-13-25(14-16-26)19-6-4-3-5-18(19)21;/h3-6,17H,7-16H2,1-2H3,(H,22,23);1H. The van der Waals surface area contributed by atoms with Crippen LogP contribution >= 0.6 is 35.6 Å². The zero-order valence-corrected chi connectivity index (χ0v) is 19.6. The number of nitrogens with zero attached hydrogens (tertiary/aromatic N) is 4. The van der Waals surface area contributed by atoms with Crippen molar-refractivity contribution in [3.63, 3.8) is 0 Å². The van der Waals surface area contributed by atoms with Crippen LogP contribution in [0.15, 0.2) is 29.3 Å². The van der Waals surface area contributed by atoms with Gasteiger partial charge in [0.15, 0.2) is 5.96 Å². The van der Waals surface area contributed by atoms with Crippen LogP contribution in [0.1, 0.15) is 19.3 Å². The summed E-state index contributed by atoms with van der Waals surface area (Å²) in [5, 5.41) is 4.42. The van der Waals surface area contributed by atoms with E-state index < -0.39 is 0 Å². The van der Waals surface area contributed by atoms with Crippen molar-refractivity contribution >= 4 is 47.2 Å². The highest BCUT2D eigenvalue weighted by Gasteiger charge is 2.21. The molecule has 3 rings (SSSR count). The summed E-state index contributed by atoms with van der Waals surface area (Å²) in [5.74, 6) is 1.89. The van der Waals surface area contributed by atoms with E-state index in [0.29, 0.717) is 0 Å². The maximum absolute atomic E-state index is 6.34. The minimum Gasteiger partial charge on any atom is -0.367 e. The third kappa shape index (κ3) is 6.39. The molecule has 2 aliphatic rings. The molecule has 0 bridgehead atoms. The second-order valence-corrected chi connectivity index (χ2v) is 7.84. The van der Waals surface area contributed by atoms with E-state index in [0.717, 1.165) is 55.3 Å². The molecule has 2 heterocycles. The molecule has 0 amide bonds. The van der Waals surface area contributed by atoms with Gasteiger partial charge in [-0.05, 0) is 57.5 Å². The molecule has 1 aromatic rings. The van der Waals surface area contributed by atoms with Crippen molar-refractivity contribution in [2.75, 3.05) is 64.8 Å². The molecule has 2 fully saturated rings. The molecule has 152 valence electrons. The molecule has 2 saturated heterocycles. The van der Waals surface area contributed by atoms with Gasteiger partial charge in [0.25, 0.3) is 0 Å². The summed E-state index contributed by atoms with van der Waals surface area (Å²) in [5.41, 5.74) is 1.14. The average Bonchev–Trinajstić information content (AvgIpc) is 2.67. The first kappa shape index (κ1) is 22.6. The Kier molecular flexibility index (Phi) is 9.45. The van der Waals surface area contributed by atoms with Crippen molar-refractivity contribution in [2.45, 2.75) is 19.3 Å². The smallest absolute Gasteiger partial charge is 0.193 e. The first-order chi connectivity index (χ1) is 12.7. The summed E-state index contributed by atoms with van der Waals surface area (Å²) in [7, 11) is 4.11. The highest BCUT2D eigenvalue weighted by molar-refractivity contribution is 14.0. The number of anilines is 1. The Hall–Kier alpha value is -0.730. The normalized spacial score (nSPS) is 19.7. The molecular formula is C20H33ClIN5. The van der Waals surface area contributed by atoms with Gasteiger partial charge < -0.3 is 20.0 Å². The molecule has 7 heteroatoms. The second kappa shape index (κ2) is 11.3. The van der Waals surface area contributed by atoms with E-state index in [9.17, 15) is 0 Å². The summed E-state index contributed by atoms with van der Waals surface area (Å²) in [6.45, 7) is 7.38. The molecule has 2 aliphatic heterocycles. The molecule has 1 aromatic carbocycles. The third-order valence-corrected chi connectivity index (χ3v) is 5.98.